The largest absolute Gasteiger partial charge is 0.483 e. The Morgan fingerprint density at radius 3 is 2.21 bits per heavy atom. The fourth-order valence-electron chi connectivity index (χ4n) is 3.33. The molecule has 29 heavy (non-hydrogen) atoms. The van der Waals surface area contributed by atoms with E-state index in [-0.39, 0.29) is 12.9 Å². The van der Waals surface area contributed by atoms with Crippen molar-refractivity contribution in [1.82, 2.24) is 4.90 Å². The lowest BCUT2D eigenvalue weighted by molar-refractivity contribution is -0.122. The minimum atomic E-state index is -2.14. The molecule has 158 valence electrons. The summed E-state index contributed by atoms with van der Waals surface area (Å²) in [6.45, 7) is 6.91. The lowest BCUT2D eigenvalue weighted by atomic mass is 9.99. The third-order valence-corrected chi connectivity index (χ3v) is 7.63. The van der Waals surface area contributed by atoms with Crippen LogP contribution in [0.1, 0.15) is 30.4 Å². The number of amides is 1. The smallest absolute Gasteiger partial charge is 0.290 e. The number of likely N-dealkylation sites (tertiary alicyclic amines) is 1. The highest BCUT2D eigenvalue weighted by atomic mass is 31.2. The summed E-state index contributed by atoms with van der Waals surface area (Å²) in [5, 5.41) is 7.90. The Kier molecular flexibility index (Phi) is 11.0. The van der Waals surface area contributed by atoms with E-state index in [1.165, 1.54) is 17.5 Å². The van der Waals surface area contributed by atoms with Crippen molar-refractivity contribution in [2.45, 2.75) is 25.8 Å². The number of hydrogen-bond donors (Lipinski definition) is 2. The lowest BCUT2D eigenvalue weighted by Crippen LogP contribution is -2.20. The van der Waals surface area contributed by atoms with E-state index in [0.717, 1.165) is 31.1 Å². The van der Waals surface area contributed by atoms with E-state index < -0.39 is 7.14 Å². The second-order valence-electron chi connectivity index (χ2n) is 6.96. The zero-order valence-electron chi connectivity index (χ0n) is 17.1. The molecular weight excluding hydrogens is 387 g/mol. The van der Waals surface area contributed by atoms with Crippen LogP contribution in [0.5, 0.6) is 0 Å². The number of carbonyl (C=O) groups is 2. The summed E-state index contributed by atoms with van der Waals surface area (Å²) in [6.07, 6.45) is 2.22. The summed E-state index contributed by atoms with van der Waals surface area (Å²) in [5.41, 5.74) is 6.94. The Hall–Kier alpha value is -2.43. The van der Waals surface area contributed by atoms with Gasteiger partial charge in [0.1, 0.15) is 7.14 Å². The van der Waals surface area contributed by atoms with Crippen LogP contribution in [0.2, 0.25) is 0 Å². The molecule has 1 saturated heterocycles. The molecule has 2 aromatic carbocycles. The highest BCUT2D eigenvalue weighted by Crippen LogP contribution is 2.39. The maximum absolute atomic E-state index is 12.4. The van der Waals surface area contributed by atoms with Gasteiger partial charge in [0.15, 0.2) is 0 Å². The van der Waals surface area contributed by atoms with E-state index in [0.29, 0.717) is 5.92 Å². The number of primary amides is 1. The van der Waals surface area contributed by atoms with E-state index in [4.69, 9.17) is 14.7 Å². The molecule has 0 spiro atoms. The van der Waals surface area contributed by atoms with Crippen molar-refractivity contribution < 1.29 is 19.3 Å². The quantitative estimate of drug-likeness (QED) is 0.574. The molecule has 3 N–H and O–H groups in total. The van der Waals surface area contributed by atoms with Gasteiger partial charge in [-0.2, -0.15) is 0 Å². The van der Waals surface area contributed by atoms with E-state index in [2.05, 4.69) is 65.2 Å². The van der Waals surface area contributed by atoms with Crippen molar-refractivity contribution in [2.24, 2.45) is 5.73 Å². The molecule has 7 heteroatoms. The summed E-state index contributed by atoms with van der Waals surface area (Å²) in [4.78, 5) is 19.5. The maximum Gasteiger partial charge on any atom is 0.290 e. The number of nitrogens with two attached hydrogens (primary N) is 1. The van der Waals surface area contributed by atoms with Crippen LogP contribution in [0.4, 0.5) is 0 Å². The number of carbonyl (C=O) groups excluding carboxylic acids is 1. The predicted octanol–water partition coefficient (Wildman–Crippen LogP) is 3.12. The molecule has 0 aromatic heterocycles. The third-order valence-electron chi connectivity index (χ3n) is 5.04. The van der Waals surface area contributed by atoms with Gasteiger partial charge in [0.2, 0.25) is 6.41 Å². The highest BCUT2D eigenvalue weighted by Gasteiger charge is 2.23. The average Bonchev–Trinajstić information content (AvgIpc) is 3.19. The first-order valence-electron chi connectivity index (χ1n) is 9.58. The second kappa shape index (κ2) is 12.9. The Balaban J connectivity index is 0.000000626. The van der Waals surface area contributed by atoms with Gasteiger partial charge in [-0.05, 0) is 36.7 Å². The molecule has 0 aliphatic carbocycles. The number of nitrogens with zero attached hydrogens (tertiary/aromatic N) is 1. The topological polar surface area (TPSA) is 101 Å². The van der Waals surface area contributed by atoms with E-state index in [9.17, 15) is 4.57 Å². The summed E-state index contributed by atoms with van der Waals surface area (Å²) < 4.78 is 12.4. The van der Waals surface area contributed by atoms with Crippen molar-refractivity contribution in [3.8, 4) is 0 Å². The predicted molar refractivity (Wildman–Crippen MR) is 118 cm³/mol. The minimum absolute atomic E-state index is 0.250. The van der Waals surface area contributed by atoms with Crippen molar-refractivity contribution in [3.63, 3.8) is 0 Å². The van der Waals surface area contributed by atoms with Gasteiger partial charge >= 0.3 is 0 Å². The molecule has 0 saturated carbocycles. The van der Waals surface area contributed by atoms with E-state index in [1.54, 1.807) is 0 Å². The van der Waals surface area contributed by atoms with Gasteiger partial charge in [0.05, 0.1) is 0 Å². The van der Waals surface area contributed by atoms with Gasteiger partial charge in [-0.25, -0.2) is 0 Å². The molecule has 0 radical (unpaired) electrons. The molecule has 1 aliphatic heterocycles. The van der Waals surface area contributed by atoms with Gasteiger partial charge < -0.3 is 15.4 Å². The maximum atomic E-state index is 12.4. The molecule has 3 rings (SSSR count). The fraction of sp³-hybridized carbons (Fsp3) is 0.364. The molecule has 2 atom stereocenters. The number of benzene rings is 2. The van der Waals surface area contributed by atoms with Gasteiger partial charge in [0.25, 0.3) is 6.47 Å². The van der Waals surface area contributed by atoms with Gasteiger partial charge in [-0.3, -0.25) is 14.5 Å². The van der Waals surface area contributed by atoms with Crippen LogP contribution in [0, 0.1) is 0 Å². The molecule has 1 fully saturated rings. The van der Waals surface area contributed by atoms with E-state index in [1.807, 2.05) is 13.6 Å². The standard InChI is InChI=1S/C20H26NOP.CH3NO.CH2O2/c1-3-23(2,22)20-11-9-17(10-12-20)15-21-14-13-19(16-21)18-7-5-4-6-8-18;2*2-1-3/h4-12,19H,3,13-16H2,1-2H3;1H,(H2,2,3);1H,(H,2,3). The summed E-state index contributed by atoms with van der Waals surface area (Å²) >= 11 is 0. The van der Waals surface area contributed by atoms with Gasteiger partial charge in [-0.15, -0.1) is 0 Å². The van der Waals surface area contributed by atoms with Crippen molar-refractivity contribution in [1.29, 1.82) is 0 Å². The molecular formula is C22H31N2O4P. The first-order valence-corrected chi connectivity index (χ1v) is 11.9. The Morgan fingerprint density at radius 1 is 1.14 bits per heavy atom. The van der Waals surface area contributed by atoms with Crippen LogP contribution in [0.3, 0.4) is 0 Å². The molecule has 1 amide bonds. The molecule has 6 nitrogen and oxygen atoms in total. The third kappa shape index (κ3) is 8.22. The normalized spacial score (nSPS) is 17.7. The Bertz CT molecular complexity index is 775. The zero-order valence-corrected chi connectivity index (χ0v) is 18.0. The molecule has 0 bridgehead atoms. The lowest BCUT2D eigenvalue weighted by Gasteiger charge is -2.17. The van der Waals surface area contributed by atoms with E-state index >= 15 is 0 Å². The SMILES string of the molecule is CCP(C)(=O)c1ccc(CN2CCC(c3ccccc3)C2)cc1.NC=O.O=CO. The first-order chi connectivity index (χ1) is 13.9. The van der Waals surface area contributed by atoms with Crippen LogP contribution >= 0.6 is 7.14 Å². The van der Waals surface area contributed by atoms with Crippen LogP contribution in [-0.4, -0.2) is 48.8 Å². The Morgan fingerprint density at radius 2 is 1.69 bits per heavy atom. The fourth-order valence-corrected chi connectivity index (χ4v) is 4.48. The number of hydrogen-bond acceptors (Lipinski definition) is 4. The molecule has 1 aliphatic rings. The summed E-state index contributed by atoms with van der Waals surface area (Å²) in [5.74, 6) is 0.659. The summed E-state index contributed by atoms with van der Waals surface area (Å²) in [7, 11) is -2.14. The van der Waals surface area contributed by atoms with Crippen LogP contribution in [0.25, 0.3) is 0 Å². The van der Waals surface area contributed by atoms with Crippen LogP contribution in [0.15, 0.2) is 54.6 Å². The number of rotatable bonds is 5. The van der Waals surface area contributed by atoms with Crippen LogP contribution < -0.4 is 11.0 Å². The van der Waals surface area contributed by atoms with Gasteiger partial charge in [-0.1, -0.05) is 61.5 Å². The van der Waals surface area contributed by atoms with Crippen molar-refractivity contribution >= 4 is 25.3 Å². The zero-order chi connectivity index (χ0) is 21.7. The van der Waals surface area contributed by atoms with Crippen molar-refractivity contribution in [3.05, 3.63) is 65.7 Å². The van der Waals surface area contributed by atoms with Crippen LogP contribution in [-0.2, 0) is 20.7 Å². The first kappa shape index (κ1) is 24.6. The molecule has 1 heterocycles. The molecule has 2 aromatic rings. The summed E-state index contributed by atoms with van der Waals surface area (Å²) in [6, 6.07) is 19.3. The minimum Gasteiger partial charge on any atom is -0.483 e. The Labute approximate surface area is 173 Å². The second-order valence-corrected chi connectivity index (χ2v) is 10.3. The highest BCUT2D eigenvalue weighted by molar-refractivity contribution is 7.70. The van der Waals surface area contributed by atoms with Gasteiger partial charge in [0, 0.05) is 24.6 Å². The average molecular weight is 418 g/mol. The monoisotopic (exact) mass is 418 g/mol. The molecule has 2 unspecified atom stereocenters. The van der Waals surface area contributed by atoms with Crippen molar-refractivity contribution in [2.75, 3.05) is 25.9 Å². The number of carboxylic acid groups (broad SMARTS) is 1.